The van der Waals surface area contributed by atoms with E-state index >= 15 is 0 Å². The van der Waals surface area contributed by atoms with Gasteiger partial charge in [-0.15, -0.1) is 0 Å². The number of phenols is 1. The number of esters is 1. The smallest absolute Gasteiger partial charge is 0.341 e. The summed E-state index contributed by atoms with van der Waals surface area (Å²) in [6, 6.07) is 12.5. The van der Waals surface area contributed by atoms with Crippen LogP contribution < -0.4 is 4.74 Å². The zero-order valence-corrected chi connectivity index (χ0v) is 13.5. The van der Waals surface area contributed by atoms with Gasteiger partial charge >= 0.3 is 5.97 Å². The highest BCUT2D eigenvalue weighted by Crippen LogP contribution is 2.33. The Labute approximate surface area is 139 Å². The molecular weight excluding hydrogens is 308 g/mol. The summed E-state index contributed by atoms with van der Waals surface area (Å²) >= 11 is 0. The van der Waals surface area contributed by atoms with Crippen molar-refractivity contribution in [3.8, 4) is 11.5 Å². The molecule has 124 valence electrons. The van der Waals surface area contributed by atoms with Gasteiger partial charge in [0.2, 0.25) is 0 Å². The fourth-order valence-corrected chi connectivity index (χ4v) is 2.66. The van der Waals surface area contributed by atoms with Crippen molar-refractivity contribution in [1.82, 2.24) is 0 Å². The Morgan fingerprint density at radius 3 is 2.50 bits per heavy atom. The number of hydrogen-bond acceptors (Lipinski definition) is 5. The topological polar surface area (TPSA) is 68.9 Å². The molecular formula is C19H18O5. The number of hydrogen-bond donors (Lipinski definition) is 1. The Hall–Kier alpha value is -2.95. The molecule has 1 heterocycles. The molecule has 3 rings (SSSR count). The van der Waals surface area contributed by atoms with Gasteiger partial charge < -0.3 is 19.0 Å². The van der Waals surface area contributed by atoms with Gasteiger partial charge in [0.1, 0.15) is 17.1 Å². The summed E-state index contributed by atoms with van der Waals surface area (Å²) in [7, 11) is 2.83. The highest BCUT2D eigenvalue weighted by Gasteiger charge is 2.19. The van der Waals surface area contributed by atoms with Crippen LogP contribution in [0, 0.1) is 0 Å². The van der Waals surface area contributed by atoms with E-state index in [9.17, 15) is 9.90 Å². The predicted octanol–water partition coefficient (Wildman–Crippen LogP) is 3.72. The normalized spacial score (nSPS) is 10.8. The summed E-state index contributed by atoms with van der Waals surface area (Å²) in [4.78, 5) is 11.8. The van der Waals surface area contributed by atoms with E-state index in [-0.39, 0.29) is 5.75 Å². The molecule has 0 bridgehead atoms. The lowest BCUT2D eigenvalue weighted by molar-refractivity contribution is 0.0597. The second-order valence-electron chi connectivity index (χ2n) is 5.44. The van der Waals surface area contributed by atoms with Crippen molar-refractivity contribution in [1.29, 1.82) is 0 Å². The van der Waals surface area contributed by atoms with Crippen LogP contribution in [0.1, 0.15) is 21.7 Å². The summed E-state index contributed by atoms with van der Waals surface area (Å²) in [5.74, 6) is 0.979. The number of methoxy groups -OCH3 is 2. The van der Waals surface area contributed by atoms with E-state index in [2.05, 4.69) is 0 Å². The van der Waals surface area contributed by atoms with Crippen LogP contribution >= 0.6 is 0 Å². The van der Waals surface area contributed by atoms with Gasteiger partial charge in [-0.2, -0.15) is 0 Å². The Balaban J connectivity index is 1.87. The summed E-state index contributed by atoms with van der Waals surface area (Å²) < 4.78 is 16.0. The zero-order chi connectivity index (χ0) is 17.1. The molecule has 0 aliphatic heterocycles. The quantitative estimate of drug-likeness (QED) is 0.724. The molecule has 0 aliphatic rings. The zero-order valence-electron chi connectivity index (χ0n) is 13.5. The van der Waals surface area contributed by atoms with Crippen LogP contribution in [0.2, 0.25) is 0 Å². The summed E-state index contributed by atoms with van der Waals surface area (Å²) in [5, 5.41) is 10.2. The van der Waals surface area contributed by atoms with E-state index < -0.39 is 5.97 Å². The second-order valence-corrected chi connectivity index (χ2v) is 5.44. The van der Waals surface area contributed by atoms with E-state index in [1.165, 1.54) is 14.2 Å². The molecule has 0 atom stereocenters. The molecule has 5 heteroatoms. The molecule has 3 aromatic rings. The van der Waals surface area contributed by atoms with Gasteiger partial charge in [0.05, 0.1) is 14.2 Å². The number of benzene rings is 2. The van der Waals surface area contributed by atoms with Crippen LogP contribution in [-0.4, -0.2) is 25.3 Å². The van der Waals surface area contributed by atoms with Crippen molar-refractivity contribution in [2.75, 3.05) is 14.2 Å². The summed E-state index contributed by atoms with van der Waals surface area (Å²) in [5.41, 5.74) is 1.99. The van der Waals surface area contributed by atoms with Gasteiger partial charge in [-0.3, -0.25) is 0 Å². The maximum atomic E-state index is 11.8. The van der Waals surface area contributed by atoms with Crippen LogP contribution in [-0.2, 0) is 17.6 Å². The number of aryl methyl sites for hydroxylation is 2. The number of furan rings is 1. The van der Waals surface area contributed by atoms with Crippen molar-refractivity contribution in [3.63, 3.8) is 0 Å². The minimum atomic E-state index is -0.462. The average Bonchev–Trinajstić information content (AvgIpc) is 3.02. The number of phenolic OH excluding ortho intramolecular Hbond substituents is 1. The van der Waals surface area contributed by atoms with Gasteiger partial charge in [0.15, 0.2) is 11.3 Å². The Bertz CT molecular complexity index is 861. The number of carbonyl (C=O) groups is 1. The highest BCUT2D eigenvalue weighted by molar-refractivity contribution is 5.99. The van der Waals surface area contributed by atoms with Crippen LogP contribution in [0.3, 0.4) is 0 Å². The third kappa shape index (κ3) is 3.06. The van der Waals surface area contributed by atoms with Gasteiger partial charge in [-0.05, 0) is 42.3 Å². The molecule has 0 unspecified atom stereocenters. The third-order valence-corrected chi connectivity index (χ3v) is 3.90. The molecule has 0 aliphatic carbocycles. The molecule has 1 aromatic heterocycles. The minimum absolute atomic E-state index is 0.252. The number of fused-ring (bicyclic) bond motifs is 1. The number of ether oxygens (including phenoxy) is 2. The van der Waals surface area contributed by atoms with Gasteiger partial charge in [0.25, 0.3) is 0 Å². The average molecular weight is 326 g/mol. The molecule has 0 radical (unpaired) electrons. The molecule has 0 saturated carbocycles. The first-order valence-electron chi connectivity index (χ1n) is 7.58. The van der Waals surface area contributed by atoms with E-state index in [1.807, 2.05) is 24.3 Å². The van der Waals surface area contributed by atoms with Crippen molar-refractivity contribution in [3.05, 3.63) is 59.4 Å². The van der Waals surface area contributed by atoms with Crippen molar-refractivity contribution in [2.24, 2.45) is 0 Å². The van der Waals surface area contributed by atoms with Crippen molar-refractivity contribution >= 4 is 16.9 Å². The van der Waals surface area contributed by atoms with Gasteiger partial charge in [-0.25, -0.2) is 4.79 Å². The second kappa shape index (κ2) is 6.66. The Morgan fingerprint density at radius 1 is 1.08 bits per heavy atom. The van der Waals surface area contributed by atoms with E-state index in [0.717, 1.165) is 23.1 Å². The molecule has 24 heavy (non-hydrogen) atoms. The number of rotatable bonds is 5. The van der Waals surface area contributed by atoms with Crippen LogP contribution in [0.5, 0.6) is 11.5 Å². The maximum Gasteiger partial charge on any atom is 0.341 e. The minimum Gasteiger partial charge on any atom is -0.508 e. The third-order valence-electron chi connectivity index (χ3n) is 3.90. The lowest BCUT2D eigenvalue weighted by atomic mass is 10.1. The largest absolute Gasteiger partial charge is 0.508 e. The first-order valence-corrected chi connectivity index (χ1v) is 7.58. The van der Waals surface area contributed by atoms with Crippen LogP contribution in [0.25, 0.3) is 11.0 Å². The standard InChI is InChI=1S/C19H18O5/c1-22-18-16(19(21)23-2)10-6-13-11-15(24-17(13)18)9-5-12-3-7-14(20)8-4-12/h3-4,6-8,10-11,20H,5,9H2,1-2H3. The van der Waals surface area contributed by atoms with E-state index in [4.69, 9.17) is 13.9 Å². The highest BCUT2D eigenvalue weighted by atomic mass is 16.5. The molecule has 0 fully saturated rings. The predicted molar refractivity (Wildman–Crippen MR) is 89.6 cm³/mol. The van der Waals surface area contributed by atoms with Crippen LogP contribution in [0.4, 0.5) is 0 Å². The number of carbonyl (C=O) groups excluding carboxylic acids is 1. The molecule has 1 N–H and O–H groups in total. The molecule has 0 spiro atoms. The Morgan fingerprint density at radius 2 is 1.83 bits per heavy atom. The molecule has 0 saturated heterocycles. The van der Waals surface area contributed by atoms with Gasteiger partial charge in [0, 0.05) is 11.8 Å². The monoisotopic (exact) mass is 326 g/mol. The molecule has 5 nitrogen and oxygen atoms in total. The Kier molecular flexibility index (Phi) is 4.42. The van der Waals surface area contributed by atoms with Crippen LogP contribution in [0.15, 0.2) is 46.9 Å². The van der Waals surface area contributed by atoms with Gasteiger partial charge in [-0.1, -0.05) is 12.1 Å². The lowest BCUT2D eigenvalue weighted by Crippen LogP contribution is -2.03. The maximum absolute atomic E-state index is 11.8. The fraction of sp³-hybridized carbons (Fsp3) is 0.211. The van der Waals surface area contributed by atoms with Crippen molar-refractivity contribution < 1.29 is 23.8 Å². The van der Waals surface area contributed by atoms with E-state index in [0.29, 0.717) is 23.3 Å². The number of aromatic hydroxyl groups is 1. The molecule has 0 amide bonds. The van der Waals surface area contributed by atoms with Crippen molar-refractivity contribution in [2.45, 2.75) is 12.8 Å². The SMILES string of the molecule is COC(=O)c1ccc2cc(CCc3ccc(O)cc3)oc2c1OC. The lowest BCUT2D eigenvalue weighted by Gasteiger charge is -2.06. The fourth-order valence-electron chi connectivity index (χ4n) is 2.66. The first-order chi connectivity index (χ1) is 11.6. The molecule has 2 aromatic carbocycles. The summed E-state index contributed by atoms with van der Waals surface area (Å²) in [6.45, 7) is 0. The summed E-state index contributed by atoms with van der Waals surface area (Å²) in [6.07, 6.45) is 1.49. The van der Waals surface area contributed by atoms with E-state index in [1.54, 1.807) is 18.2 Å². The first kappa shape index (κ1) is 15.9.